The summed E-state index contributed by atoms with van der Waals surface area (Å²) in [6, 6.07) is 5.66. The quantitative estimate of drug-likeness (QED) is 0.893. The Labute approximate surface area is 117 Å². The van der Waals surface area contributed by atoms with Gasteiger partial charge in [0.05, 0.1) is 30.3 Å². The molecule has 1 aliphatic heterocycles. The van der Waals surface area contributed by atoms with Gasteiger partial charge < -0.3 is 9.47 Å². The average molecular weight is 306 g/mol. The Hall–Kier alpha value is -0.660. The predicted octanol–water partition coefficient (Wildman–Crippen LogP) is 1.42. The van der Waals surface area contributed by atoms with E-state index in [2.05, 4.69) is 4.72 Å². The first-order chi connectivity index (χ1) is 9.03. The fourth-order valence-corrected chi connectivity index (χ4v) is 3.28. The van der Waals surface area contributed by atoms with E-state index in [-0.39, 0.29) is 17.0 Å². The standard InChI is InChI=1S/C12H16ClNO4S/c1-2-18-12-8-17-7-11(12)14-19(15,16)10-5-3-9(13)4-6-10/h3-6,11-12,14H,2,7-8H2,1H3. The zero-order valence-electron chi connectivity index (χ0n) is 10.5. The van der Waals surface area contributed by atoms with Gasteiger partial charge in [-0.05, 0) is 31.2 Å². The average Bonchev–Trinajstić information content (AvgIpc) is 2.77. The van der Waals surface area contributed by atoms with E-state index in [4.69, 9.17) is 21.1 Å². The molecule has 7 heteroatoms. The van der Waals surface area contributed by atoms with Gasteiger partial charge in [0, 0.05) is 11.6 Å². The normalized spacial score (nSPS) is 23.7. The van der Waals surface area contributed by atoms with Crippen molar-refractivity contribution in [3.8, 4) is 0 Å². The molecule has 1 heterocycles. The van der Waals surface area contributed by atoms with Gasteiger partial charge in [-0.2, -0.15) is 0 Å². The summed E-state index contributed by atoms with van der Waals surface area (Å²) in [6.07, 6.45) is -0.243. The lowest BCUT2D eigenvalue weighted by atomic mass is 10.2. The first-order valence-electron chi connectivity index (χ1n) is 6.00. The predicted molar refractivity (Wildman–Crippen MR) is 71.8 cm³/mol. The van der Waals surface area contributed by atoms with Crippen LogP contribution in [0.3, 0.4) is 0 Å². The summed E-state index contributed by atoms with van der Waals surface area (Å²) in [4.78, 5) is 0.180. The summed E-state index contributed by atoms with van der Waals surface area (Å²) in [5.41, 5.74) is 0. The molecular weight excluding hydrogens is 290 g/mol. The van der Waals surface area contributed by atoms with Crippen molar-refractivity contribution in [3.05, 3.63) is 29.3 Å². The van der Waals surface area contributed by atoms with Gasteiger partial charge in [-0.1, -0.05) is 11.6 Å². The van der Waals surface area contributed by atoms with Gasteiger partial charge in [-0.15, -0.1) is 0 Å². The van der Waals surface area contributed by atoms with E-state index in [0.29, 0.717) is 24.8 Å². The number of nitrogens with one attached hydrogen (secondary N) is 1. The van der Waals surface area contributed by atoms with Crippen molar-refractivity contribution in [2.45, 2.75) is 24.0 Å². The van der Waals surface area contributed by atoms with Crippen LogP contribution in [0.1, 0.15) is 6.92 Å². The molecule has 0 saturated carbocycles. The Morgan fingerprint density at radius 2 is 2.05 bits per heavy atom. The van der Waals surface area contributed by atoms with E-state index in [9.17, 15) is 8.42 Å². The first-order valence-corrected chi connectivity index (χ1v) is 7.86. The lowest BCUT2D eigenvalue weighted by Crippen LogP contribution is -2.43. The molecule has 2 rings (SSSR count). The summed E-state index contributed by atoms with van der Waals surface area (Å²) in [5, 5.41) is 0.496. The third kappa shape index (κ3) is 3.67. The van der Waals surface area contributed by atoms with Gasteiger partial charge in [-0.25, -0.2) is 13.1 Å². The van der Waals surface area contributed by atoms with Gasteiger partial charge in [0.25, 0.3) is 0 Å². The summed E-state index contributed by atoms with van der Waals surface area (Å²) >= 11 is 5.74. The largest absolute Gasteiger partial charge is 0.377 e. The zero-order chi connectivity index (χ0) is 13.9. The molecule has 19 heavy (non-hydrogen) atoms. The van der Waals surface area contributed by atoms with Gasteiger partial charge in [0.1, 0.15) is 0 Å². The van der Waals surface area contributed by atoms with Crippen LogP contribution in [0.5, 0.6) is 0 Å². The molecule has 106 valence electrons. The highest BCUT2D eigenvalue weighted by Gasteiger charge is 2.32. The summed E-state index contributed by atoms with van der Waals surface area (Å²) < 4.78 is 37.7. The number of hydrogen-bond acceptors (Lipinski definition) is 4. The van der Waals surface area contributed by atoms with Crippen LogP contribution < -0.4 is 4.72 Å². The molecule has 1 saturated heterocycles. The van der Waals surface area contributed by atoms with Gasteiger partial charge in [0.15, 0.2) is 0 Å². The molecule has 1 aromatic rings. The highest BCUT2D eigenvalue weighted by Crippen LogP contribution is 2.17. The van der Waals surface area contributed by atoms with E-state index in [0.717, 1.165) is 0 Å². The van der Waals surface area contributed by atoms with E-state index in [1.54, 1.807) is 12.1 Å². The van der Waals surface area contributed by atoms with Crippen molar-refractivity contribution in [1.82, 2.24) is 4.72 Å². The Balaban J connectivity index is 2.10. The Bertz CT molecular complexity index is 517. The zero-order valence-corrected chi connectivity index (χ0v) is 12.1. The fraction of sp³-hybridized carbons (Fsp3) is 0.500. The molecule has 1 N–H and O–H groups in total. The lowest BCUT2D eigenvalue weighted by Gasteiger charge is -2.18. The number of halogens is 1. The third-order valence-corrected chi connectivity index (χ3v) is 4.60. The molecule has 1 aromatic carbocycles. The molecule has 0 aromatic heterocycles. The maximum atomic E-state index is 12.2. The summed E-state index contributed by atoms with van der Waals surface area (Å²) in [7, 11) is -3.58. The molecule has 1 fully saturated rings. The molecule has 2 unspecified atom stereocenters. The van der Waals surface area contributed by atoms with Crippen LogP contribution in [0.2, 0.25) is 5.02 Å². The number of hydrogen-bond donors (Lipinski definition) is 1. The molecular formula is C12H16ClNO4S. The van der Waals surface area contributed by atoms with Crippen LogP contribution in [-0.4, -0.2) is 40.4 Å². The number of sulfonamides is 1. The van der Waals surface area contributed by atoms with Crippen LogP contribution in [0.15, 0.2) is 29.2 Å². The monoisotopic (exact) mass is 305 g/mol. The first kappa shape index (κ1) is 14.7. The van der Waals surface area contributed by atoms with Crippen LogP contribution in [0.4, 0.5) is 0 Å². The SMILES string of the molecule is CCOC1COCC1NS(=O)(=O)c1ccc(Cl)cc1. The van der Waals surface area contributed by atoms with E-state index in [1.807, 2.05) is 6.92 Å². The Morgan fingerprint density at radius 1 is 1.37 bits per heavy atom. The fourth-order valence-electron chi connectivity index (χ4n) is 1.90. The van der Waals surface area contributed by atoms with Crippen LogP contribution in [-0.2, 0) is 19.5 Å². The second-order valence-electron chi connectivity index (χ2n) is 4.21. The minimum absolute atomic E-state index is 0.180. The smallest absolute Gasteiger partial charge is 0.240 e. The van der Waals surface area contributed by atoms with Crippen molar-refractivity contribution in [3.63, 3.8) is 0 Å². The second kappa shape index (κ2) is 6.19. The van der Waals surface area contributed by atoms with Gasteiger partial charge in [0.2, 0.25) is 10.0 Å². The highest BCUT2D eigenvalue weighted by molar-refractivity contribution is 7.89. The van der Waals surface area contributed by atoms with Gasteiger partial charge in [-0.3, -0.25) is 0 Å². The lowest BCUT2D eigenvalue weighted by molar-refractivity contribution is 0.0440. The van der Waals surface area contributed by atoms with E-state index in [1.165, 1.54) is 12.1 Å². The number of rotatable bonds is 5. The topological polar surface area (TPSA) is 64.6 Å². The molecule has 0 radical (unpaired) electrons. The van der Waals surface area contributed by atoms with Gasteiger partial charge >= 0.3 is 0 Å². The van der Waals surface area contributed by atoms with Crippen molar-refractivity contribution in [2.24, 2.45) is 0 Å². The molecule has 2 atom stereocenters. The minimum Gasteiger partial charge on any atom is -0.377 e. The molecule has 0 spiro atoms. The van der Waals surface area contributed by atoms with E-state index >= 15 is 0 Å². The van der Waals surface area contributed by atoms with Crippen LogP contribution in [0, 0.1) is 0 Å². The third-order valence-electron chi connectivity index (χ3n) is 2.84. The molecule has 1 aliphatic rings. The summed E-state index contributed by atoms with van der Waals surface area (Å²) in [5.74, 6) is 0. The highest BCUT2D eigenvalue weighted by atomic mass is 35.5. The van der Waals surface area contributed by atoms with Crippen molar-refractivity contribution in [1.29, 1.82) is 0 Å². The Morgan fingerprint density at radius 3 is 2.68 bits per heavy atom. The minimum atomic E-state index is -3.58. The van der Waals surface area contributed by atoms with E-state index < -0.39 is 10.0 Å². The maximum absolute atomic E-state index is 12.2. The van der Waals surface area contributed by atoms with Crippen molar-refractivity contribution in [2.75, 3.05) is 19.8 Å². The number of benzene rings is 1. The van der Waals surface area contributed by atoms with Crippen molar-refractivity contribution < 1.29 is 17.9 Å². The van der Waals surface area contributed by atoms with Crippen LogP contribution in [0.25, 0.3) is 0 Å². The van der Waals surface area contributed by atoms with Crippen LogP contribution >= 0.6 is 11.6 Å². The van der Waals surface area contributed by atoms with Crippen molar-refractivity contribution >= 4 is 21.6 Å². The number of ether oxygens (including phenoxy) is 2. The molecule has 0 amide bonds. The summed E-state index contributed by atoms with van der Waals surface area (Å²) in [6.45, 7) is 3.11. The maximum Gasteiger partial charge on any atom is 0.240 e. The molecule has 0 aliphatic carbocycles. The Kier molecular flexibility index (Phi) is 4.81. The molecule has 5 nitrogen and oxygen atoms in total. The molecule has 0 bridgehead atoms. The second-order valence-corrected chi connectivity index (χ2v) is 6.36.